The predicted octanol–water partition coefficient (Wildman–Crippen LogP) is 3.61. The van der Waals surface area contributed by atoms with Crippen molar-refractivity contribution < 1.29 is 23.9 Å². The molecule has 0 saturated heterocycles. The highest BCUT2D eigenvalue weighted by molar-refractivity contribution is 7.17. The minimum absolute atomic E-state index is 0.0584. The zero-order chi connectivity index (χ0) is 21.5. The number of carbonyl (C=O) groups excluding carboxylic acids is 2. The normalized spacial score (nSPS) is 25.9. The lowest BCUT2D eigenvalue weighted by Crippen LogP contribution is -2.36. The van der Waals surface area contributed by atoms with Crippen LogP contribution in [0.4, 0.5) is 5.00 Å². The molecule has 2 aromatic heterocycles. The van der Waals surface area contributed by atoms with Crippen molar-refractivity contribution in [2.45, 2.75) is 38.6 Å². The summed E-state index contributed by atoms with van der Waals surface area (Å²) in [7, 11) is 0. The molecular weight excluding hydrogens is 416 g/mol. The zero-order valence-corrected chi connectivity index (χ0v) is 17.7. The van der Waals surface area contributed by atoms with Gasteiger partial charge in [-0.3, -0.25) is 14.4 Å². The molecule has 162 valence electrons. The van der Waals surface area contributed by atoms with E-state index in [2.05, 4.69) is 10.6 Å². The molecule has 31 heavy (non-hydrogen) atoms. The van der Waals surface area contributed by atoms with Crippen LogP contribution in [0.2, 0.25) is 0 Å². The van der Waals surface area contributed by atoms with Crippen LogP contribution in [0, 0.1) is 23.7 Å². The van der Waals surface area contributed by atoms with Gasteiger partial charge < -0.3 is 20.2 Å². The number of aliphatic carboxylic acids is 1. The fourth-order valence-electron chi connectivity index (χ4n) is 5.27. The molecule has 1 fully saturated rings. The summed E-state index contributed by atoms with van der Waals surface area (Å²) >= 11 is 1.45. The van der Waals surface area contributed by atoms with Gasteiger partial charge in [0.05, 0.1) is 30.2 Å². The van der Waals surface area contributed by atoms with Crippen LogP contribution in [-0.4, -0.2) is 22.9 Å². The van der Waals surface area contributed by atoms with Crippen molar-refractivity contribution in [1.29, 1.82) is 0 Å². The first-order valence-corrected chi connectivity index (χ1v) is 11.5. The minimum atomic E-state index is -0.932. The Morgan fingerprint density at radius 3 is 2.65 bits per heavy atom. The van der Waals surface area contributed by atoms with Crippen LogP contribution in [-0.2, 0) is 29.0 Å². The van der Waals surface area contributed by atoms with Gasteiger partial charge in [-0.2, -0.15) is 0 Å². The van der Waals surface area contributed by atoms with Crippen molar-refractivity contribution in [3.8, 4) is 0 Å². The number of nitrogens with one attached hydrogen (secondary N) is 2. The average molecular weight is 441 g/mol. The second kappa shape index (κ2) is 8.00. The predicted molar refractivity (Wildman–Crippen MR) is 115 cm³/mol. The van der Waals surface area contributed by atoms with Gasteiger partial charge in [0.15, 0.2) is 0 Å². The highest BCUT2D eigenvalue weighted by Gasteiger charge is 2.51. The number of fused-ring (bicyclic) bond motifs is 3. The van der Waals surface area contributed by atoms with E-state index >= 15 is 0 Å². The molecule has 0 spiro atoms. The number of hydrogen-bond acceptors (Lipinski definition) is 5. The second-order valence-corrected chi connectivity index (χ2v) is 9.61. The number of rotatable bonds is 6. The highest BCUT2D eigenvalue weighted by Crippen LogP contribution is 2.49. The Labute approximate surface area is 183 Å². The summed E-state index contributed by atoms with van der Waals surface area (Å²) in [6.45, 7) is 0.266. The number of amides is 2. The van der Waals surface area contributed by atoms with Gasteiger partial charge in [-0.05, 0) is 61.6 Å². The first-order valence-electron chi connectivity index (χ1n) is 10.7. The molecule has 0 aromatic carbocycles. The Balaban J connectivity index is 1.40. The number of carbonyl (C=O) groups is 3. The van der Waals surface area contributed by atoms with Crippen LogP contribution in [0.25, 0.3) is 0 Å². The van der Waals surface area contributed by atoms with Crippen LogP contribution >= 0.6 is 11.3 Å². The van der Waals surface area contributed by atoms with Gasteiger partial charge in [-0.15, -0.1) is 11.3 Å². The Hall–Kier alpha value is -2.87. The van der Waals surface area contributed by atoms with Gasteiger partial charge in [-0.25, -0.2) is 0 Å². The molecule has 0 radical (unpaired) electrons. The average Bonchev–Trinajstić information content (AvgIpc) is 3.54. The van der Waals surface area contributed by atoms with E-state index in [0.717, 1.165) is 36.1 Å². The summed E-state index contributed by atoms with van der Waals surface area (Å²) in [4.78, 5) is 39.2. The largest absolute Gasteiger partial charge is 0.481 e. The van der Waals surface area contributed by atoms with Crippen LogP contribution < -0.4 is 10.6 Å². The standard InChI is InChI=1S/C23H24N2O5S/c26-20(24-11-14-4-3-9-30-14)19-15-5-1-2-6-16(15)31-22(19)25-21(27)17-12-7-8-13(10-12)18(17)23(28)29/h3-4,7-9,12-13,17-18H,1-2,5-6,10-11H2,(H,24,26)(H,25,27)(H,28,29)/t12-,13+,17-,18-/m0/s1. The minimum Gasteiger partial charge on any atom is -0.481 e. The Morgan fingerprint density at radius 1 is 1.13 bits per heavy atom. The van der Waals surface area contributed by atoms with Crippen LogP contribution in [0.3, 0.4) is 0 Å². The lowest BCUT2D eigenvalue weighted by atomic mass is 9.82. The summed E-state index contributed by atoms with van der Waals surface area (Å²) in [6.07, 6.45) is 9.91. The number of hydrogen-bond donors (Lipinski definition) is 3. The van der Waals surface area contributed by atoms with Crippen LogP contribution in [0.15, 0.2) is 35.0 Å². The lowest BCUT2D eigenvalue weighted by Gasteiger charge is -2.23. The number of furan rings is 1. The topological polar surface area (TPSA) is 109 Å². The SMILES string of the molecule is O=C(NCc1ccco1)c1c(NC(=O)[C@@H]2[C@@H](C(=O)O)[C@@H]3C=C[C@H]2C3)sc2c1CCCC2. The van der Waals surface area contributed by atoms with Gasteiger partial charge in [-0.1, -0.05) is 12.2 Å². The summed E-state index contributed by atoms with van der Waals surface area (Å²) in [5.74, 6) is -2.29. The van der Waals surface area contributed by atoms with E-state index in [-0.39, 0.29) is 30.2 Å². The quantitative estimate of drug-likeness (QED) is 0.595. The monoisotopic (exact) mass is 440 g/mol. The smallest absolute Gasteiger partial charge is 0.307 e. The molecule has 2 aromatic rings. The first-order chi connectivity index (χ1) is 15.0. The summed E-state index contributed by atoms with van der Waals surface area (Å²) in [5.41, 5.74) is 1.52. The van der Waals surface area contributed by atoms with Gasteiger partial charge in [0, 0.05) is 4.88 Å². The summed E-state index contributed by atoms with van der Waals surface area (Å²) < 4.78 is 5.29. The Kier molecular flexibility index (Phi) is 5.17. The van der Waals surface area contributed by atoms with Gasteiger partial charge >= 0.3 is 5.97 Å². The van der Waals surface area contributed by atoms with E-state index in [1.54, 1.807) is 18.4 Å². The highest BCUT2D eigenvalue weighted by atomic mass is 32.1. The van der Waals surface area contributed by atoms with Crippen molar-refractivity contribution >= 4 is 34.1 Å². The summed E-state index contributed by atoms with van der Waals surface area (Å²) in [5, 5.41) is 16.0. The molecule has 2 amide bonds. The van der Waals surface area contributed by atoms with E-state index < -0.39 is 17.8 Å². The van der Waals surface area contributed by atoms with Gasteiger partial charge in [0.1, 0.15) is 10.8 Å². The number of anilines is 1. The molecule has 3 aliphatic rings. The van der Waals surface area contributed by atoms with Crippen molar-refractivity contribution in [1.82, 2.24) is 5.32 Å². The van der Waals surface area contributed by atoms with Gasteiger partial charge in [0.25, 0.3) is 5.91 Å². The maximum atomic E-state index is 13.2. The third kappa shape index (κ3) is 3.59. The first kappa shape index (κ1) is 20.1. The van der Waals surface area contributed by atoms with Crippen LogP contribution in [0.1, 0.15) is 45.8 Å². The third-order valence-electron chi connectivity index (χ3n) is 6.69. The molecule has 0 aliphatic heterocycles. The molecule has 4 atom stereocenters. The number of aryl methyl sites for hydroxylation is 1. The van der Waals surface area contributed by atoms with E-state index in [9.17, 15) is 19.5 Å². The maximum absolute atomic E-state index is 13.2. The van der Waals surface area contributed by atoms with Crippen molar-refractivity contribution in [3.63, 3.8) is 0 Å². The Morgan fingerprint density at radius 2 is 1.90 bits per heavy atom. The van der Waals surface area contributed by atoms with Crippen molar-refractivity contribution in [3.05, 3.63) is 52.3 Å². The Bertz CT molecular complexity index is 1050. The number of allylic oxidation sites excluding steroid dienone is 2. The molecular formula is C23H24N2O5S. The third-order valence-corrected chi connectivity index (χ3v) is 7.89. The zero-order valence-electron chi connectivity index (χ0n) is 16.9. The van der Waals surface area contributed by atoms with E-state index in [1.807, 2.05) is 12.2 Å². The molecule has 0 unspecified atom stereocenters. The van der Waals surface area contributed by atoms with E-state index in [0.29, 0.717) is 22.7 Å². The molecule has 2 bridgehead atoms. The van der Waals surface area contributed by atoms with E-state index in [1.165, 1.54) is 11.3 Å². The molecule has 2 heterocycles. The second-order valence-electron chi connectivity index (χ2n) is 8.50. The number of thiophene rings is 1. The maximum Gasteiger partial charge on any atom is 0.307 e. The fraction of sp³-hybridized carbons (Fsp3) is 0.435. The van der Waals surface area contributed by atoms with Crippen molar-refractivity contribution in [2.24, 2.45) is 23.7 Å². The number of carboxylic acids is 1. The van der Waals surface area contributed by atoms with Crippen LogP contribution in [0.5, 0.6) is 0 Å². The molecule has 5 rings (SSSR count). The molecule has 1 saturated carbocycles. The lowest BCUT2D eigenvalue weighted by molar-refractivity contribution is -0.146. The van der Waals surface area contributed by atoms with Gasteiger partial charge in [0.2, 0.25) is 5.91 Å². The summed E-state index contributed by atoms with van der Waals surface area (Å²) in [6, 6.07) is 3.56. The molecule has 8 heteroatoms. The van der Waals surface area contributed by atoms with Crippen molar-refractivity contribution in [2.75, 3.05) is 5.32 Å². The van der Waals surface area contributed by atoms with E-state index in [4.69, 9.17) is 4.42 Å². The fourth-order valence-corrected chi connectivity index (χ4v) is 6.56. The molecule has 3 aliphatic carbocycles. The molecule has 3 N–H and O–H groups in total. The molecule has 7 nitrogen and oxygen atoms in total. The number of carboxylic acid groups (broad SMARTS) is 1.